The van der Waals surface area contributed by atoms with Crippen molar-refractivity contribution in [3.8, 4) is 50.3 Å². The number of allylic oxidation sites excluding steroid dienone is 3. The molecule has 0 unspecified atom stereocenters. The molecule has 20 heteroatoms. The van der Waals surface area contributed by atoms with Gasteiger partial charge in [0, 0.05) is 69.1 Å². The number of halogens is 2. The molecule has 1 N–H and O–H groups in total. The summed E-state index contributed by atoms with van der Waals surface area (Å²) in [5.74, 6) is 0.309. The standard InChI is InChI=1S/C56H62ClFN6O11S/c1-5-8-41-31-42(72-34-40-17-18-59-53(62-40)45-9-6-7-10-46(45)68-4)32-48(56(65)66)75-54-50-49(52(76-55(50)61-36-60-54)38-11-13-39(58)14-12-38)44-15-16-47(51(57)37(44)2)74-43(35-73-41)33-64-21-19-63(20-22-64)23-24-69-27-28-71-30-29-70-26-25-67-3/h5-18,31,36,43,48H,1,19-30,32-35H2,2-4H3,(H,65,66)/b41-8+,42-31-/t43-,48-/m1/s1. The van der Waals surface area contributed by atoms with E-state index in [0.29, 0.717) is 125 Å². The zero-order valence-electron chi connectivity index (χ0n) is 42.8. The molecule has 1 saturated heterocycles. The van der Waals surface area contributed by atoms with Gasteiger partial charge in [-0.15, -0.1) is 11.3 Å². The van der Waals surface area contributed by atoms with Gasteiger partial charge in [0.2, 0.25) is 12.0 Å². The molecule has 9 rings (SSSR count). The maximum absolute atomic E-state index is 14.4. The van der Waals surface area contributed by atoms with Gasteiger partial charge < -0.3 is 47.7 Å². The summed E-state index contributed by atoms with van der Waals surface area (Å²) in [4.78, 5) is 37.7. The molecule has 3 aliphatic rings. The number of aliphatic carboxylic acids is 1. The fraction of sp³-hybridized carbons (Fsp3) is 0.375. The molecule has 3 aliphatic heterocycles. The Kier molecular flexibility index (Phi) is 20.5. The molecule has 3 aromatic carbocycles. The number of carboxylic acids is 1. The quantitative estimate of drug-likeness (QED) is 0.0636. The zero-order chi connectivity index (χ0) is 53.2. The number of carbonyl (C=O) groups is 1. The van der Waals surface area contributed by atoms with Gasteiger partial charge in [-0.1, -0.05) is 54.6 Å². The maximum atomic E-state index is 14.4. The molecule has 3 aromatic heterocycles. The molecular formula is C56H62ClFN6O11S. The number of carboxylic acid groups (broad SMARTS) is 1. The van der Waals surface area contributed by atoms with Crippen molar-refractivity contribution in [1.82, 2.24) is 29.7 Å². The predicted octanol–water partition coefficient (Wildman–Crippen LogP) is 9.08. The first-order valence-electron chi connectivity index (χ1n) is 24.9. The Bertz CT molecular complexity index is 2950. The van der Waals surface area contributed by atoms with Crippen LogP contribution in [0.25, 0.3) is 43.2 Å². The minimum Gasteiger partial charge on any atom is -0.496 e. The summed E-state index contributed by atoms with van der Waals surface area (Å²) >= 11 is 8.66. The van der Waals surface area contributed by atoms with Crippen LogP contribution in [0.5, 0.6) is 17.4 Å². The summed E-state index contributed by atoms with van der Waals surface area (Å²) in [5, 5.41) is 11.7. The highest BCUT2D eigenvalue weighted by atomic mass is 35.5. The molecule has 402 valence electrons. The molecule has 0 amide bonds. The molecule has 0 saturated carbocycles. The first-order chi connectivity index (χ1) is 37.1. The van der Waals surface area contributed by atoms with Crippen LogP contribution in [-0.2, 0) is 39.8 Å². The van der Waals surface area contributed by atoms with Crippen LogP contribution in [0.4, 0.5) is 4.39 Å². The minimum absolute atomic E-state index is 0.0145. The second-order valence-corrected chi connectivity index (χ2v) is 19.0. The van der Waals surface area contributed by atoms with Gasteiger partial charge in [-0.05, 0) is 66.1 Å². The monoisotopic (exact) mass is 1080 g/mol. The van der Waals surface area contributed by atoms with E-state index in [0.717, 1.165) is 37.6 Å². The van der Waals surface area contributed by atoms with Gasteiger partial charge >= 0.3 is 5.97 Å². The van der Waals surface area contributed by atoms with Gasteiger partial charge in [0.1, 0.15) is 59.3 Å². The molecular weight excluding hydrogens is 1020 g/mol. The van der Waals surface area contributed by atoms with Gasteiger partial charge in [0.25, 0.3) is 0 Å². The fourth-order valence-corrected chi connectivity index (χ4v) is 9.97. The minimum atomic E-state index is -1.54. The number of para-hydroxylation sites is 1. The van der Waals surface area contributed by atoms with Crippen LogP contribution in [0.15, 0.2) is 116 Å². The third-order valence-electron chi connectivity index (χ3n) is 12.5. The van der Waals surface area contributed by atoms with E-state index in [9.17, 15) is 14.3 Å². The average Bonchev–Trinajstić information content (AvgIpc) is 3.83. The van der Waals surface area contributed by atoms with Gasteiger partial charge in [-0.2, -0.15) is 0 Å². The Balaban J connectivity index is 1.09. The molecule has 0 aliphatic carbocycles. The highest BCUT2D eigenvalue weighted by Crippen LogP contribution is 2.49. The van der Waals surface area contributed by atoms with Crippen LogP contribution >= 0.6 is 22.9 Å². The molecule has 17 nitrogen and oxygen atoms in total. The van der Waals surface area contributed by atoms with Crippen molar-refractivity contribution in [2.24, 2.45) is 0 Å². The van der Waals surface area contributed by atoms with Crippen LogP contribution in [0, 0.1) is 12.7 Å². The Morgan fingerprint density at radius 2 is 1.63 bits per heavy atom. The van der Waals surface area contributed by atoms with E-state index in [1.165, 1.54) is 29.8 Å². The summed E-state index contributed by atoms with van der Waals surface area (Å²) < 4.78 is 68.2. The number of aromatic nitrogens is 4. The highest BCUT2D eigenvalue weighted by molar-refractivity contribution is 7.22. The Morgan fingerprint density at radius 1 is 0.895 bits per heavy atom. The van der Waals surface area contributed by atoms with E-state index in [4.69, 9.17) is 59.2 Å². The normalized spacial score (nSPS) is 17.8. The van der Waals surface area contributed by atoms with Crippen molar-refractivity contribution in [3.05, 3.63) is 138 Å². The number of thiophene rings is 1. The second-order valence-electron chi connectivity index (χ2n) is 17.7. The lowest BCUT2D eigenvalue weighted by Gasteiger charge is -2.36. The van der Waals surface area contributed by atoms with E-state index in [-0.39, 0.29) is 31.3 Å². The van der Waals surface area contributed by atoms with Crippen molar-refractivity contribution in [2.75, 3.05) is 106 Å². The summed E-state index contributed by atoms with van der Waals surface area (Å²) in [6, 6.07) is 19.0. The largest absolute Gasteiger partial charge is 0.496 e. The number of nitrogens with zero attached hydrogens (tertiary/aromatic N) is 6. The number of benzene rings is 3. The van der Waals surface area contributed by atoms with E-state index in [1.54, 1.807) is 56.8 Å². The topological polar surface area (TPSA) is 178 Å². The van der Waals surface area contributed by atoms with Gasteiger partial charge in [-0.3, -0.25) is 9.80 Å². The van der Waals surface area contributed by atoms with Crippen LogP contribution in [0.2, 0.25) is 5.02 Å². The van der Waals surface area contributed by atoms with Crippen molar-refractivity contribution in [3.63, 3.8) is 0 Å². The van der Waals surface area contributed by atoms with Crippen molar-refractivity contribution < 1.29 is 56.9 Å². The number of piperazine rings is 1. The third-order valence-corrected chi connectivity index (χ3v) is 14.1. The number of rotatable bonds is 22. The maximum Gasteiger partial charge on any atom is 0.345 e. The number of methoxy groups -OCH3 is 2. The molecule has 2 atom stereocenters. The average molecular weight is 1080 g/mol. The lowest BCUT2D eigenvalue weighted by Crippen LogP contribution is -2.50. The van der Waals surface area contributed by atoms with E-state index < -0.39 is 24.0 Å². The van der Waals surface area contributed by atoms with Gasteiger partial charge in [-0.25, -0.2) is 29.1 Å². The molecule has 6 aromatic rings. The number of hydrogen-bond donors (Lipinski definition) is 1. The van der Waals surface area contributed by atoms with Crippen molar-refractivity contribution in [2.45, 2.75) is 32.2 Å². The van der Waals surface area contributed by atoms with Crippen LogP contribution in [-0.4, -0.2) is 159 Å². The number of fused-ring (bicyclic) bond motifs is 10. The first-order valence-corrected chi connectivity index (χ1v) is 26.1. The van der Waals surface area contributed by atoms with E-state index in [1.807, 2.05) is 43.3 Å². The summed E-state index contributed by atoms with van der Waals surface area (Å²) in [6.45, 7) is 14.0. The van der Waals surface area contributed by atoms with Gasteiger partial charge in [0.15, 0.2) is 5.82 Å². The van der Waals surface area contributed by atoms with E-state index >= 15 is 0 Å². The van der Waals surface area contributed by atoms with Crippen LogP contribution in [0.3, 0.4) is 0 Å². The summed E-state index contributed by atoms with van der Waals surface area (Å²) in [5.41, 5.74) is 3.90. The van der Waals surface area contributed by atoms with Crippen molar-refractivity contribution >= 4 is 39.1 Å². The van der Waals surface area contributed by atoms with Crippen molar-refractivity contribution in [1.29, 1.82) is 0 Å². The lowest BCUT2D eigenvalue weighted by atomic mass is 9.96. The van der Waals surface area contributed by atoms with Crippen LogP contribution < -0.4 is 14.2 Å². The SMILES string of the molecule is C=C/C=C1\C=C(/OCc2ccnc(-c3ccccc3OC)n2)C[C@H](C(=O)O)Oc2ncnc3sc(-c4ccc(F)cc4)c(c23)-c2ccc(c(Cl)c2C)O[C@H](CN2CCN(CCOCCOCCOCCOC)CC2)CO1. The predicted molar refractivity (Wildman–Crippen MR) is 287 cm³/mol. The molecule has 0 spiro atoms. The Labute approximate surface area is 450 Å². The summed E-state index contributed by atoms with van der Waals surface area (Å²) in [6.07, 6.45) is 5.43. The molecule has 0 radical (unpaired) electrons. The third kappa shape index (κ3) is 14.9. The summed E-state index contributed by atoms with van der Waals surface area (Å²) in [7, 11) is 3.22. The zero-order valence-corrected chi connectivity index (χ0v) is 44.4. The molecule has 2 bridgehead atoms. The molecule has 1 fully saturated rings. The van der Waals surface area contributed by atoms with Crippen LogP contribution in [0.1, 0.15) is 17.7 Å². The molecule has 76 heavy (non-hydrogen) atoms. The Morgan fingerprint density at radius 3 is 2.37 bits per heavy atom. The Hall–Kier alpha value is -6.55. The van der Waals surface area contributed by atoms with E-state index in [2.05, 4.69) is 31.3 Å². The highest BCUT2D eigenvalue weighted by Gasteiger charge is 2.30. The number of ether oxygens (including phenoxy) is 9. The molecule has 6 heterocycles. The second kappa shape index (κ2) is 28.0. The number of hydrogen-bond acceptors (Lipinski definition) is 17. The fourth-order valence-electron chi connectivity index (χ4n) is 8.61. The smallest absolute Gasteiger partial charge is 0.345 e. The van der Waals surface area contributed by atoms with Gasteiger partial charge in [0.05, 0.1) is 81.4 Å². The lowest BCUT2D eigenvalue weighted by molar-refractivity contribution is -0.145. The first kappa shape index (κ1) is 55.7.